The normalized spacial score (nSPS) is 14.3. The first-order valence-electron chi connectivity index (χ1n) is 15.2. The largest absolute Gasteiger partial charge is 0.226 e. The fraction of sp³-hybridized carbons (Fsp3) is 0.0476. The molecule has 0 saturated carbocycles. The van der Waals surface area contributed by atoms with E-state index in [9.17, 15) is 0 Å². The molecule has 0 spiro atoms. The molecule has 0 fully saturated rings. The molecule has 2 heteroatoms. The molecule has 2 nitrogen and oxygen atoms in total. The SMILES string of the molecule is C/C=C\C=C/C1=[N+](c2ccccc2)c2ccc(C(/C=C\C)=C/C3=[N+](c4cccc(-c5ccccc5)c4)c4ccccc43)cc21. The molecular weight excluding hydrogens is 532 g/mol. The van der Waals surface area contributed by atoms with E-state index in [0.717, 1.165) is 5.69 Å². The summed E-state index contributed by atoms with van der Waals surface area (Å²) in [5, 5.41) is 0. The molecule has 2 aliphatic rings. The van der Waals surface area contributed by atoms with Gasteiger partial charge in [-0.2, -0.15) is 9.15 Å². The summed E-state index contributed by atoms with van der Waals surface area (Å²) < 4.78 is 4.71. The smallest absolute Gasteiger partial charge is 0.152 e. The second-order valence-corrected chi connectivity index (χ2v) is 10.9. The van der Waals surface area contributed by atoms with Crippen LogP contribution in [0, 0.1) is 0 Å². The quantitative estimate of drug-likeness (QED) is 0.130. The first-order valence-corrected chi connectivity index (χ1v) is 15.2. The lowest BCUT2D eigenvalue weighted by Crippen LogP contribution is -2.28. The molecule has 0 saturated heterocycles. The summed E-state index contributed by atoms with van der Waals surface area (Å²) in [6.07, 6.45) is 15.1. The molecule has 44 heavy (non-hydrogen) atoms. The summed E-state index contributed by atoms with van der Waals surface area (Å²) in [4.78, 5) is 0. The van der Waals surface area contributed by atoms with Crippen molar-refractivity contribution in [3.05, 3.63) is 187 Å². The molecule has 0 N–H and O–H groups in total. The molecule has 0 aliphatic carbocycles. The number of allylic oxidation sites excluding steroid dienone is 8. The number of nitrogens with zero attached hydrogens (tertiary/aromatic N) is 2. The van der Waals surface area contributed by atoms with Crippen LogP contribution in [-0.4, -0.2) is 11.4 Å². The minimum Gasteiger partial charge on any atom is -0.152 e. The average molecular weight is 567 g/mol. The van der Waals surface area contributed by atoms with Crippen molar-refractivity contribution in [1.82, 2.24) is 9.15 Å². The van der Waals surface area contributed by atoms with E-state index in [1.807, 2.05) is 6.92 Å². The third kappa shape index (κ3) is 4.91. The van der Waals surface area contributed by atoms with Crippen LogP contribution in [-0.2, 0) is 0 Å². The molecule has 7 rings (SSSR count). The number of hydrogen-bond acceptors (Lipinski definition) is 0. The third-order valence-corrected chi connectivity index (χ3v) is 8.17. The van der Waals surface area contributed by atoms with E-state index >= 15 is 0 Å². The summed E-state index contributed by atoms with van der Waals surface area (Å²) in [5.41, 5.74) is 14.5. The van der Waals surface area contributed by atoms with E-state index in [2.05, 4.69) is 186 Å². The summed E-state index contributed by atoms with van der Waals surface area (Å²) >= 11 is 0. The van der Waals surface area contributed by atoms with Crippen LogP contribution in [0.1, 0.15) is 30.5 Å². The van der Waals surface area contributed by atoms with Crippen molar-refractivity contribution < 1.29 is 0 Å². The van der Waals surface area contributed by atoms with Crippen molar-refractivity contribution in [1.29, 1.82) is 0 Å². The predicted molar refractivity (Wildman–Crippen MR) is 189 cm³/mol. The Kier molecular flexibility index (Phi) is 7.40. The fourth-order valence-electron chi connectivity index (χ4n) is 6.10. The lowest BCUT2D eigenvalue weighted by atomic mass is 9.91. The van der Waals surface area contributed by atoms with Gasteiger partial charge >= 0.3 is 0 Å². The number of fused-ring (bicyclic) bond motifs is 2. The van der Waals surface area contributed by atoms with Crippen molar-refractivity contribution in [2.45, 2.75) is 13.8 Å². The number of hydrogen-bond donors (Lipinski definition) is 0. The monoisotopic (exact) mass is 566 g/mol. The second kappa shape index (κ2) is 11.9. The molecule has 0 amide bonds. The standard InChI is InChI=1S/C42H34N2/c1-3-5-8-24-40-38-29-34(26-27-41(38)43(40)35-20-11-7-12-21-35)32(16-4-2)30-42-37-23-13-14-25-39(37)44(42)36-22-15-19-33(28-36)31-17-9-6-10-18-31/h3-30H,1-2H3/q+2/b5-3-,16-4-,24-8-,32-30+. The summed E-state index contributed by atoms with van der Waals surface area (Å²) in [7, 11) is 0. The number of rotatable bonds is 8. The van der Waals surface area contributed by atoms with Crippen LogP contribution in [0.4, 0.5) is 22.7 Å². The van der Waals surface area contributed by atoms with Crippen LogP contribution in [0.15, 0.2) is 170 Å². The Balaban J connectivity index is 1.33. The molecule has 0 atom stereocenters. The molecule has 2 aliphatic heterocycles. The van der Waals surface area contributed by atoms with Crippen molar-refractivity contribution in [3.63, 3.8) is 0 Å². The van der Waals surface area contributed by atoms with Crippen molar-refractivity contribution in [3.8, 4) is 11.1 Å². The molecule has 2 heterocycles. The van der Waals surface area contributed by atoms with Gasteiger partial charge in [-0.15, -0.1) is 0 Å². The van der Waals surface area contributed by atoms with Gasteiger partial charge in [-0.25, -0.2) is 0 Å². The predicted octanol–water partition coefficient (Wildman–Crippen LogP) is 10.4. The lowest BCUT2D eigenvalue weighted by molar-refractivity contribution is 1.03. The van der Waals surface area contributed by atoms with Gasteiger partial charge < -0.3 is 0 Å². The van der Waals surface area contributed by atoms with Gasteiger partial charge in [0.05, 0.1) is 0 Å². The highest BCUT2D eigenvalue weighted by Gasteiger charge is 2.38. The van der Waals surface area contributed by atoms with Crippen LogP contribution in [0.3, 0.4) is 0 Å². The van der Waals surface area contributed by atoms with Gasteiger partial charge in [0.1, 0.15) is 11.1 Å². The maximum Gasteiger partial charge on any atom is 0.226 e. The van der Waals surface area contributed by atoms with Gasteiger partial charge in [0.2, 0.25) is 34.2 Å². The van der Waals surface area contributed by atoms with E-state index in [1.165, 1.54) is 61.9 Å². The molecule has 0 bridgehead atoms. The van der Waals surface area contributed by atoms with Gasteiger partial charge in [0.25, 0.3) is 0 Å². The molecule has 0 unspecified atom stereocenters. The molecule has 5 aromatic rings. The zero-order chi connectivity index (χ0) is 29.9. The maximum atomic E-state index is 2.38. The highest BCUT2D eigenvalue weighted by Crippen LogP contribution is 2.39. The Hall–Kier alpha value is -5.60. The third-order valence-electron chi connectivity index (χ3n) is 8.17. The second-order valence-electron chi connectivity index (χ2n) is 10.9. The molecular formula is C42H34N2+2. The van der Waals surface area contributed by atoms with Crippen molar-refractivity contribution in [2.75, 3.05) is 0 Å². The molecule has 5 aromatic carbocycles. The summed E-state index contributed by atoms with van der Waals surface area (Å²) in [5.74, 6) is 0. The van der Waals surface area contributed by atoms with Crippen LogP contribution >= 0.6 is 0 Å². The molecule has 210 valence electrons. The van der Waals surface area contributed by atoms with E-state index in [4.69, 9.17) is 0 Å². The van der Waals surface area contributed by atoms with Crippen molar-refractivity contribution >= 4 is 39.7 Å². The van der Waals surface area contributed by atoms with Gasteiger partial charge in [-0.05, 0) is 54.3 Å². The van der Waals surface area contributed by atoms with Gasteiger partial charge in [-0.1, -0.05) is 103 Å². The Bertz CT molecular complexity index is 2050. The fourth-order valence-corrected chi connectivity index (χ4v) is 6.10. The van der Waals surface area contributed by atoms with Crippen LogP contribution in [0.2, 0.25) is 0 Å². The van der Waals surface area contributed by atoms with Gasteiger partial charge in [0.15, 0.2) is 0 Å². The van der Waals surface area contributed by atoms with E-state index in [1.54, 1.807) is 0 Å². The van der Waals surface area contributed by atoms with Crippen LogP contribution < -0.4 is 9.15 Å². The Morgan fingerprint density at radius 3 is 2.00 bits per heavy atom. The number of benzene rings is 5. The van der Waals surface area contributed by atoms with Crippen molar-refractivity contribution in [2.24, 2.45) is 0 Å². The first-order chi connectivity index (χ1) is 21.8. The highest BCUT2D eigenvalue weighted by atomic mass is 15.1. The number of para-hydroxylation sites is 2. The zero-order valence-electron chi connectivity index (χ0n) is 25.1. The highest BCUT2D eigenvalue weighted by molar-refractivity contribution is 6.24. The maximum absolute atomic E-state index is 2.38. The van der Waals surface area contributed by atoms with Crippen LogP contribution in [0.25, 0.3) is 16.7 Å². The Morgan fingerprint density at radius 2 is 1.20 bits per heavy atom. The summed E-state index contributed by atoms with van der Waals surface area (Å²) in [6.45, 7) is 4.13. The van der Waals surface area contributed by atoms with Gasteiger partial charge in [0, 0.05) is 48.6 Å². The lowest BCUT2D eigenvalue weighted by Gasteiger charge is -2.20. The Labute approximate surface area is 259 Å². The average Bonchev–Trinajstić information content (AvgIpc) is 3.06. The topological polar surface area (TPSA) is 6.02 Å². The summed E-state index contributed by atoms with van der Waals surface area (Å²) in [6, 6.07) is 45.5. The van der Waals surface area contributed by atoms with Gasteiger partial charge in [-0.3, -0.25) is 0 Å². The molecule has 0 radical (unpaired) electrons. The van der Waals surface area contributed by atoms with Crippen LogP contribution in [0.5, 0.6) is 0 Å². The van der Waals surface area contributed by atoms with E-state index < -0.39 is 0 Å². The Morgan fingerprint density at radius 1 is 0.523 bits per heavy atom. The van der Waals surface area contributed by atoms with E-state index in [0.29, 0.717) is 0 Å². The minimum absolute atomic E-state index is 1.16. The molecule has 0 aromatic heterocycles. The first kappa shape index (κ1) is 27.2. The van der Waals surface area contributed by atoms with E-state index in [-0.39, 0.29) is 0 Å². The minimum atomic E-state index is 1.16. The zero-order valence-corrected chi connectivity index (χ0v) is 25.1.